The van der Waals surface area contributed by atoms with Gasteiger partial charge in [0.25, 0.3) is 0 Å². The second-order valence-corrected chi connectivity index (χ2v) is 2.49. The molecule has 2 heterocycles. The molecule has 2 rings (SSSR count). The van der Waals surface area contributed by atoms with Crippen LogP contribution in [0.1, 0.15) is 10.5 Å². The Labute approximate surface area is 72.3 Å². The molecule has 0 atom stereocenters. The first-order valence-electron chi connectivity index (χ1n) is 3.55. The summed E-state index contributed by atoms with van der Waals surface area (Å²) in [5.74, 6) is -1.83. The fourth-order valence-electron chi connectivity index (χ4n) is 1.15. The molecular weight excluding hydrogens is 175 g/mol. The van der Waals surface area contributed by atoms with E-state index in [-0.39, 0.29) is 11.3 Å². The average molecular weight is 180 g/mol. The Hall–Kier alpha value is -1.91. The van der Waals surface area contributed by atoms with Crippen molar-refractivity contribution in [2.45, 2.75) is 0 Å². The number of nitrogens with zero attached hydrogens (tertiary/aromatic N) is 2. The lowest BCUT2D eigenvalue weighted by Crippen LogP contribution is -2.04. The van der Waals surface area contributed by atoms with Crippen LogP contribution in [0.15, 0.2) is 24.4 Å². The van der Waals surface area contributed by atoms with Gasteiger partial charge in [-0.2, -0.15) is 4.39 Å². The van der Waals surface area contributed by atoms with Gasteiger partial charge in [-0.05, 0) is 12.1 Å². The van der Waals surface area contributed by atoms with E-state index in [4.69, 9.17) is 5.11 Å². The van der Waals surface area contributed by atoms with Crippen molar-refractivity contribution in [2.75, 3.05) is 0 Å². The SMILES string of the molecule is O=C(O)c1cnc2cccc(F)n12. The van der Waals surface area contributed by atoms with Crippen molar-refractivity contribution in [3.8, 4) is 0 Å². The minimum absolute atomic E-state index is 0.173. The Morgan fingerprint density at radius 3 is 3.00 bits per heavy atom. The van der Waals surface area contributed by atoms with E-state index in [0.717, 1.165) is 10.6 Å². The average Bonchev–Trinajstić information content (AvgIpc) is 2.49. The van der Waals surface area contributed by atoms with Gasteiger partial charge in [-0.25, -0.2) is 9.78 Å². The summed E-state index contributed by atoms with van der Waals surface area (Å²) in [7, 11) is 0. The summed E-state index contributed by atoms with van der Waals surface area (Å²) in [6, 6.07) is 4.19. The van der Waals surface area contributed by atoms with Crippen LogP contribution in [-0.4, -0.2) is 20.5 Å². The number of carboxylic acid groups (broad SMARTS) is 1. The molecule has 66 valence electrons. The highest BCUT2D eigenvalue weighted by molar-refractivity contribution is 5.86. The van der Waals surface area contributed by atoms with Crippen LogP contribution in [-0.2, 0) is 0 Å². The van der Waals surface area contributed by atoms with Gasteiger partial charge in [0.2, 0.25) is 0 Å². The Bertz CT molecular complexity index is 478. The normalized spacial score (nSPS) is 10.5. The Morgan fingerprint density at radius 2 is 2.31 bits per heavy atom. The monoisotopic (exact) mass is 180 g/mol. The Morgan fingerprint density at radius 1 is 1.54 bits per heavy atom. The number of imidazole rings is 1. The standard InChI is InChI=1S/C8H5FN2O2/c9-6-2-1-3-7-10-4-5(8(12)13)11(6)7/h1-4H,(H,12,13). The number of halogens is 1. The molecule has 2 aromatic rings. The summed E-state index contributed by atoms with van der Waals surface area (Å²) < 4.78 is 14.0. The number of rotatable bonds is 1. The second-order valence-electron chi connectivity index (χ2n) is 2.49. The molecule has 1 N–H and O–H groups in total. The first kappa shape index (κ1) is 7.72. The van der Waals surface area contributed by atoms with E-state index in [0.29, 0.717) is 0 Å². The molecule has 0 unspecified atom stereocenters. The minimum Gasteiger partial charge on any atom is -0.477 e. The van der Waals surface area contributed by atoms with Crippen LogP contribution in [0.4, 0.5) is 4.39 Å². The number of carboxylic acids is 1. The van der Waals surface area contributed by atoms with Gasteiger partial charge in [-0.1, -0.05) is 6.07 Å². The smallest absolute Gasteiger partial charge is 0.354 e. The Kier molecular flexibility index (Phi) is 1.51. The summed E-state index contributed by atoms with van der Waals surface area (Å²) in [6.07, 6.45) is 1.13. The molecule has 4 nitrogen and oxygen atoms in total. The van der Waals surface area contributed by atoms with Crippen LogP contribution in [0.25, 0.3) is 5.65 Å². The van der Waals surface area contributed by atoms with Crippen LogP contribution in [0.2, 0.25) is 0 Å². The molecule has 0 amide bonds. The zero-order valence-electron chi connectivity index (χ0n) is 6.44. The molecule has 2 aromatic heterocycles. The molecule has 0 aliphatic carbocycles. The quantitative estimate of drug-likeness (QED) is 0.670. The van der Waals surface area contributed by atoms with Crippen LogP contribution in [0, 0.1) is 5.95 Å². The molecule has 0 bridgehead atoms. The molecule has 0 aliphatic rings. The van der Waals surface area contributed by atoms with E-state index in [1.807, 2.05) is 0 Å². The highest BCUT2D eigenvalue weighted by atomic mass is 19.1. The fourth-order valence-corrected chi connectivity index (χ4v) is 1.15. The van der Waals surface area contributed by atoms with Crippen molar-refractivity contribution in [1.29, 1.82) is 0 Å². The number of hydrogen-bond acceptors (Lipinski definition) is 2. The highest BCUT2D eigenvalue weighted by Gasteiger charge is 2.12. The molecule has 13 heavy (non-hydrogen) atoms. The van der Waals surface area contributed by atoms with Gasteiger partial charge >= 0.3 is 5.97 Å². The third-order valence-electron chi connectivity index (χ3n) is 1.70. The van der Waals surface area contributed by atoms with Gasteiger partial charge < -0.3 is 5.11 Å². The first-order valence-corrected chi connectivity index (χ1v) is 3.55. The maximum Gasteiger partial charge on any atom is 0.354 e. The lowest BCUT2D eigenvalue weighted by molar-refractivity contribution is 0.0688. The summed E-state index contributed by atoms with van der Waals surface area (Å²) >= 11 is 0. The summed E-state index contributed by atoms with van der Waals surface area (Å²) in [5.41, 5.74) is 0.116. The van der Waals surface area contributed by atoms with Gasteiger partial charge in [0.05, 0.1) is 6.20 Å². The van der Waals surface area contributed by atoms with Gasteiger partial charge in [0.15, 0.2) is 11.6 Å². The zero-order valence-corrected chi connectivity index (χ0v) is 6.44. The van der Waals surface area contributed by atoms with Crippen LogP contribution >= 0.6 is 0 Å². The first-order chi connectivity index (χ1) is 6.20. The van der Waals surface area contributed by atoms with Gasteiger partial charge in [0, 0.05) is 0 Å². The number of carbonyl (C=O) groups is 1. The molecule has 0 spiro atoms. The predicted molar refractivity (Wildman–Crippen MR) is 42.1 cm³/mol. The summed E-state index contributed by atoms with van der Waals surface area (Å²) in [5, 5.41) is 8.67. The topological polar surface area (TPSA) is 54.6 Å². The van der Waals surface area contributed by atoms with Crippen LogP contribution in [0.3, 0.4) is 0 Å². The van der Waals surface area contributed by atoms with Crippen molar-refractivity contribution in [3.05, 3.63) is 36.0 Å². The zero-order chi connectivity index (χ0) is 9.42. The van der Waals surface area contributed by atoms with E-state index >= 15 is 0 Å². The third kappa shape index (κ3) is 1.05. The molecule has 0 aromatic carbocycles. The van der Waals surface area contributed by atoms with Gasteiger partial charge in [-0.15, -0.1) is 0 Å². The molecule has 0 aliphatic heterocycles. The van der Waals surface area contributed by atoms with E-state index in [9.17, 15) is 9.18 Å². The van der Waals surface area contributed by atoms with Crippen LogP contribution in [0.5, 0.6) is 0 Å². The van der Waals surface area contributed by atoms with E-state index < -0.39 is 11.9 Å². The van der Waals surface area contributed by atoms with Crippen molar-refractivity contribution < 1.29 is 14.3 Å². The lowest BCUT2D eigenvalue weighted by atomic mass is 10.4. The van der Waals surface area contributed by atoms with E-state index in [2.05, 4.69) is 4.98 Å². The summed E-state index contributed by atoms with van der Waals surface area (Å²) in [4.78, 5) is 14.3. The minimum atomic E-state index is -1.20. The number of fused-ring (bicyclic) bond motifs is 1. The van der Waals surface area contributed by atoms with Crippen molar-refractivity contribution in [2.24, 2.45) is 0 Å². The molecular formula is C8H5FN2O2. The molecule has 0 radical (unpaired) electrons. The highest BCUT2D eigenvalue weighted by Crippen LogP contribution is 2.09. The van der Waals surface area contributed by atoms with Gasteiger partial charge in [0.1, 0.15) is 5.65 Å². The van der Waals surface area contributed by atoms with E-state index in [1.54, 1.807) is 0 Å². The second kappa shape index (κ2) is 2.55. The maximum absolute atomic E-state index is 13.1. The molecule has 0 saturated heterocycles. The number of aromatic nitrogens is 2. The molecule has 5 heteroatoms. The Balaban J connectivity index is 2.86. The van der Waals surface area contributed by atoms with Gasteiger partial charge in [-0.3, -0.25) is 4.40 Å². The fraction of sp³-hybridized carbons (Fsp3) is 0. The maximum atomic E-state index is 13.1. The predicted octanol–water partition coefficient (Wildman–Crippen LogP) is 1.17. The third-order valence-corrected chi connectivity index (χ3v) is 1.70. The van der Waals surface area contributed by atoms with Crippen molar-refractivity contribution in [3.63, 3.8) is 0 Å². The number of hydrogen-bond donors (Lipinski definition) is 1. The van der Waals surface area contributed by atoms with Crippen LogP contribution < -0.4 is 0 Å². The molecule has 0 fully saturated rings. The van der Waals surface area contributed by atoms with E-state index in [1.165, 1.54) is 18.2 Å². The lowest BCUT2D eigenvalue weighted by Gasteiger charge is -1.97. The number of pyridine rings is 1. The molecule has 0 saturated carbocycles. The van der Waals surface area contributed by atoms with Crippen molar-refractivity contribution >= 4 is 11.6 Å². The van der Waals surface area contributed by atoms with Crippen molar-refractivity contribution in [1.82, 2.24) is 9.38 Å². The largest absolute Gasteiger partial charge is 0.477 e. The number of aromatic carboxylic acids is 1. The summed E-state index contributed by atoms with van der Waals surface area (Å²) in [6.45, 7) is 0.